The Kier molecular flexibility index (Phi) is 10.2. The number of rotatable bonds is 11. The van der Waals surface area contributed by atoms with Crippen LogP contribution in [0, 0.1) is 0 Å². The zero-order chi connectivity index (χ0) is 14.7. The first-order valence-electron chi connectivity index (χ1n) is 7.11. The second kappa shape index (κ2) is 10.4. The fourth-order valence-corrected chi connectivity index (χ4v) is 2.02. The SMILES string of the molecule is CCCCCCCCCCOC(=O)C(C)P(=O)(O)O. The van der Waals surface area contributed by atoms with Crippen LogP contribution in [0.25, 0.3) is 0 Å². The van der Waals surface area contributed by atoms with Gasteiger partial charge in [-0.05, 0) is 13.3 Å². The Morgan fingerprint density at radius 1 is 1.05 bits per heavy atom. The van der Waals surface area contributed by atoms with Gasteiger partial charge in [-0.1, -0.05) is 51.9 Å². The van der Waals surface area contributed by atoms with Gasteiger partial charge in [-0.25, -0.2) is 0 Å². The largest absolute Gasteiger partial charge is 0.465 e. The van der Waals surface area contributed by atoms with E-state index in [9.17, 15) is 9.36 Å². The Morgan fingerprint density at radius 3 is 2.00 bits per heavy atom. The van der Waals surface area contributed by atoms with E-state index >= 15 is 0 Å². The van der Waals surface area contributed by atoms with Crippen LogP contribution in [-0.2, 0) is 14.1 Å². The van der Waals surface area contributed by atoms with E-state index in [0.717, 1.165) is 19.3 Å². The van der Waals surface area contributed by atoms with E-state index < -0.39 is 19.2 Å². The van der Waals surface area contributed by atoms with Crippen LogP contribution >= 0.6 is 7.60 Å². The topological polar surface area (TPSA) is 83.8 Å². The molecule has 0 aliphatic rings. The zero-order valence-electron chi connectivity index (χ0n) is 12.0. The van der Waals surface area contributed by atoms with Crippen LogP contribution in [0.15, 0.2) is 0 Å². The maximum atomic E-state index is 11.3. The van der Waals surface area contributed by atoms with Crippen LogP contribution in [0.4, 0.5) is 0 Å². The molecule has 0 aliphatic heterocycles. The molecule has 0 radical (unpaired) electrons. The van der Waals surface area contributed by atoms with E-state index in [-0.39, 0.29) is 6.61 Å². The Balaban J connectivity index is 3.45. The third-order valence-corrected chi connectivity index (χ3v) is 4.31. The summed E-state index contributed by atoms with van der Waals surface area (Å²) in [6, 6.07) is 0. The van der Waals surface area contributed by atoms with Crippen molar-refractivity contribution in [3.63, 3.8) is 0 Å². The summed E-state index contributed by atoms with van der Waals surface area (Å²) in [6.45, 7) is 3.63. The number of carbonyl (C=O) groups excluding carboxylic acids is 1. The Morgan fingerprint density at radius 2 is 1.53 bits per heavy atom. The average molecular weight is 294 g/mol. The van der Waals surface area contributed by atoms with Gasteiger partial charge < -0.3 is 14.5 Å². The fraction of sp³-hybridized carbons (Fsp3) is 0.923. The molecule has 0 rings (SSSR count). The molecule has 0 saturated carbocycles. The Labute approximate surface area is 115 Å². The Hall–Kier alpha value is -0.380. The fourth-order valence-electron chi connectivity index (χ4n) is 1.67. The third-order valence-electron chi connectivity index (χ3n) is 3.09. The van der Waals surface area contributed by atoms with Crippen LogP contribution in [0.3, 0.4) is 0 Å². The molecule has 2 N–H and O–H groups in total. The maximum Gasteiger partial charge on any atom is 0.339 e. The van der Waals surface area contributed by atoms with Crippen LogP contribution in [0.5, 0.6) is 0 Å². The number of unbranched alkanes of at least 4 members (excludes halogenated alkanes) is 7. The van der Waals surface area contributed by atoms with Crippen molar-refractivity contribution in [2.45, 2.75) is 70.9 Å². The van der Waals surface area contributed by atoms with Gasteiger partial charge in [0, 0.05) is 0 Å². The van der Waals surface area contributed by atoms with Gasteiger partial charge >= 0.3 is 13.6 Å². The van der Waals surface area contributed by atoms with Crippen LogP contribution in [-0.4, -0.2) is 28.0 Å². The van der Waals surface area contributed by atoms with E-state index in [4.69, 9.17) is 14.5 Å². The molecule has 0 aromatic carbocycles. The number of esters is 1. The van der Waals surface area contributed by atoms with Crippen molar-refractivity contribution in [3.05, 3.63) is 0 Å². The predicted octanol–water partition coefficient (Wildman–Crippen LogP) is 3.24. The minimum absolute atomic E-state index is 0.248. The summed E-state index contributed by atoms with van der Waals surface area (Å²) in [5.74, 6) is -0.809. The molecule has 1 unspecified atom stereocenters. The molecule has 0 fully saturated rings. The van der Waals surface area contributed by atoms with Gasteiger partial charge in [0.2, 0.25) is 0 Å². The predicted molar refractivity (Wildman–Crippen MR) is 75.1 cm³/mol. The van der Waals surface area contributed by atoms with Crippen molar-refractivity contribution in [3.8, 4) is 0 Å². The van der Waals surface area contributed by atoms with E-state index in [1.165, 1.54) is 39.0 Å². The highest BCUT2D eigenvalue weighted by atomic mass is 31.2. The van der Waals surface area contributed by atoms with Crippen molar-refractivity contribution in [1.82, 2.24) is 0 Å². The second-order valence-electron chi connectivity index (χ2n) is 4.91. The van der Waals surface area contributed by atoms with Gasteiger partial charge in [0.25, 0.3) is 0 Å². The molecule has 0 amide bonds. The lowest BCUT2D eigenvalue weighted by molar-refractivity contribution is -0.143. The van der Waals surface area contributed by atoms with Crippen molar-refractivity contribution in [1.29, 1.82) is 0 Å². The van der Waals surface area contributed by atoms with Crippen LogP contribution < -0.4 is 0 Å². The molecule has 0 bridgehead atoms. The molecule has 19 heavy (non-hydrogen) atoms. The first kappa shape index (κ1) is 18.6. The maximum absolute atomic E-state index is 11.3. The highest BCUT2D eigenvalue weighted by molar-refractivity contribution is 7.53. The normalized spacial score (nSPS) is 13.3. The number of ether oxygens (including phenoxy) is 1. The molecular weight excluding hydrogens is 267 g/mol. The second-order valence-corrected chi connectivity index (χ2v) is 6.86. The van der Waals surface area contributed by atoms with Crippen LogP contribution in [0.2, 0.25) is 0 Å². The molecule has 0 heterocycles. The lowest BCUT2D eigenvalue weighted by atomic mass is 10.1. The van der Waals surface area contributed by atoms with Crippen molar-refractivity contribution < 1.29 is 23.9 Å². The molecule has 0 spiro atoms. The summed E-state index contributed by atoms with van der Waals surface area (Å²) in [4.78, 5) is 28.9. The van der Waals surface area contributed by atoms with Gasteiger partial charge in [-0.3, -0.25) is 9.36 Å². The van der Waals surface area contributed by atoms with Gasteiger partial charge in [0.05, 0.1) is 6.61 Å². The van der Waals surface area contributed by atoms with Crippen LogP contribution in [0.1, 0.15) is 65.2 Å². The minimum Gasteiger partial charge on any atom is -0.465 e. The molecular formula is C13H27O5P. The summed E-state index contributed by atoms with van der Waals surface area (Å²) in [5, 5.41) is 0. The molecule has 1 atom stereocenters. The summed E-state index contributed by atoms with van der Waals surface area (Å²) in [7, 11) is -4.36. The quantitative estimate of drug-likeness (QED) is 0.347. The Bertz CT molecular complexity index is 287. The molecule has 0 aliphatic carbocycles. The smallest absolute Gasteiger partial charge is 0.339 e. The third kappa shape index (κ3) is 10.1. The van der Waals surface area contributed by atoms with Crippen molar-refractivity contribution >= 4 is 13.6 Å². The van der Waals surface area contributed by atoms with E-state index in [1.54, 1.807) is 0 Å². The standard InChI is InChI=1S/C13H27O5P/c1-3-4-5-6-7-8-9-10-11-18-13(14)12(2)19(15,16)17/h12H,3-11H2,1-2H3,(H2,15,16,17). The van der Waals surface area contributed by atoms with Gasteiger partial charge in [-0.2, -0.15) is 0 Å². The zero-order valence-corrected chi connectivity index (χ0v) is 12.9. The average Bonchev–Trinajstić information content (AvgIpc) is 2.34. The lowest BCUT2D eigenvalue weighted by Gasteiger charge is -2.12. The summed E-state index contributed by atoms with van der Waals surface area (Å²) >= 11 is 0. The van der Waals surface area contributed by atoms with Gasteiger partial charge in [-0.15, -0.1) is 0 Å². The first-order chi connectivity index (χ1) is 8.89. The van der Waals surface area contributed by atoms with Crippen molar-refractivity contribution in [2.75, 3.05) is 6.61 Å². The van der Waals surface area contributed by atoms with Gasteiger partial charge in [0.1, 0.15) is 0 Å². The molecule has 0 aromatic rings. The number of hydrogen-bond donors (Lipinski definition) is 2. The highest BCUT2D eigenvalue weighted by Gasteiger charge is 2.32. The number of carbonyl (C=O) groups is 1. The molecule has 114 valence electrons. The number of hydrogen-bond acceptors (Lipinski definition) is 3. The minimum atomic E-state index is -4.36. The summed E-state index contributed by atoms with van der Waals surface area (Å²) < 4.78 is 15.7. The van der Waals surface area contributed by atoms with Gasteiger partial charge in [0.15, 0.2) is 5.66 Å². The van der Waals surface area contributed by atoms with E-state index in [1.807, 2.05) is 0 Å². The highest BCUT2D eigenvalue weighted by Crippen LogP contribution is 2.41. The first-order valence-corrected chi connectivity index (χ1v) is 8.79. The molecule has 0 aromatic heterocycles. The summed E-state index contributed by atoms with van der Waals surface area (Å²) in [6.07, 6.45) is 9.14. The van der Waals surface area contributed by atoms with E-state index in [0.29, 0.717) is 0 Å². The lowest BCUT2D eigenvalue weighted by Crippen LogP contribution is -2.20. The van der Waals surface area contributed by atoms with E-state index in [2.05, 4.69) is 6.92 Å². The molecule has 0 saturated heterocycles. The molecule has 6 heteroatoms. The van der Waals surface area contributed by atoms with Crippen molar-refractivity contribution in [2.24, 2.45) is 0 Å². The summed E-state index contributed by atoms with van der Waals surface area (Å²) in [5.41, 5.74) is -1.36. The monoisotopic (exact) mass is 294 g/mol. The molecule has 5 nitrogen and oxygen atoms in total.